The topological polar surface area (TPSA) is 26.3 Å². The molecule has 0 spiro atoms. The van der Waals surface area contributed by atoms with E-state index in [1.54, 1.807) is 0 Å². The fourth-order valence-corrected chi connectivity index (χ4v) is 2.12. The Kier molecular flexibility index (Phi) is 16.1. The molecule has 0 aromatic carbocycles. The molecule has 0 aliphatic carbocycles. The average Bonchev–Trinajstić information content (AvgIpc) is 2.50. The van der Waals surface area contributed by atoms with Crippen LogP contribution >= 0.6 is 0 Å². The molecule has 0 aliphatic rings. The minimum absolute atomic E-state index is 0.00489. The molecule has 0 amide bonds. The summed E-state index contributed by atoms with van der Waals surface area (Å²) in [6.07, 6.45) is 8.43. The van der Waals surface area contributed by atoms with E-state index in [2.05, 4.69) is 48.1 Å². The van der Waals surface area contributed by atoms with E-state index in [-0.39, 0.29) is 12.1 Å². The highest BCUT2D eigenvalue weighted by Crippen LogP contribution is 2.25. The fourth-order valence-electron chi connectivity index (χ4n) is 2.12. The summed E-state index contributed by atoms with van der Waals surface area (Å²) in [5, 5.41) is 0. The van der Waals surface area contributed by atoms with Gasteiger partial charge in [0.25, 0.3) is 0 Å². The minimum Gasteiger partial charge on any atom is -0.460 e. The molecule has 0 heterocycles. The first-order chi connectivity index (χ1) is 10.3. The molecule has 22 heavy (non-hydrogen) atoms. The number of carbonyl (C=O) groups excluding carboxylic acids is 1. The normalized spacial score (nSPS) is 15.8. The first kappa shape index (κ1) is 23.5. The van der Waals surface area contributed by atoms with Gasteiger partial charge in [-0.2, -0.15) is 0 Å². The van der Waals surface area contributed by atoms with Gasteiger partial charge in [-0.05, 0) is 37.5 Å². The van der Waals surface area contributed by atoms with Crippen LogP contribution in [0.1, 0.15) is 87.0 Å². The number of carbonyl (C=O) groups is 1. The van der Waals surface area contributed by atoms with E-state index in [1.807, 2.05) is 6.92 Å². The Morgan fingerprint density at radius 3 is 1.82 bits per heavy atom. The van der Waals surface area contributed by atoms with Gasteiger partial charge in [-0.3, -0.25) is 0 Å². The Hall–Kier alpha value is -0.790. The van der Waals surface area contributed by atoms with Crippen LogP contribution in [0.2, 0.25) is 0 Å². The lowest BCUT2D eigenvalue weighted by molar-refractivity contribution is -0.142. The van der Waals surface area contributed by atoms with Gasteiger partial charge >= 0.3 is 5.97 Å². The van der Waals surface area contributed by atoms with Crippen molar-refractivity contribution < 1.29 is 9.53 Å². The summed E-state index contributed by atoms with van der Waals surface area (Å²) in [5.41, 5.74) is 0. The van der Waals surface area contributed by atoms with Crippen molar-refractivity contribution in [3.05, 3.63) is 12.7 Å². The van der Waals surface area contributed by atoms with Gasteiger partial charge in [-0.1, -0.05) is 73.8 Å². The van der Waals surface area contributed by atoms with Crippen LogP contribution in [0.15, 0.2) is 12.7 Å². The molecule has 0 rings (SSSR count). The summed E-state index contributed by atoms with van der Waals surface area (Å²) < 4.78 is 5.19. The minimum atomic E-state index is -0.315. The lowest BCUT2D eigenvalue weighted by Crippen LogP contribution is -2.16. The number of hydrogen-bond donors (Lipinski definition) is 0. The molecule has 0 aromatic rings. The van der Waals surface area contributed by atoms with Gasteiger partial charge in [-0.25, -0.2) is 4.79 Å². The molecule has 0 saturated heterocycles. The van der Waals surface area contributed by atoms with E-state index in [9.17, 15) is 4.79 Å². The van der Waals surface area contributed by atoms with E-state index < -0.39 is 0 Å². The van der Waals surface area contributed by atoms with Gasteiger partial charge in [0.15, 0.2) is 0 Å². The molecule has 0 aliphatic heterocycles. The summed E-state index contributed by atoms with van der Waals surface area (Å²) in [6, 6.07) is 0. The lowest BCUT2D eigenvalue weighted by Gasteiger charge is -2.22. The fraction of sp³-hybridized carbons (Fsp3) is 0.850. The zero-order valence-corrected chi connectivity index (χ0v) is 16.2. The number of ether oxygens (including phenoxy) is 1. The smallest absolute Gasteiger partial charge is 0.330 e. The summed E-state index contributed by atoms with van der Waals surface area (Å²) in [4.78, 5) is 11.1. The molecule has 0 radical (unpaired) electrons. The molecule has 132 valence electrons. The molecule has 0 N–H and O–H groups in total. The van der Waals surface area contributed by atoms with Crippen LogP contribution in [0.4, 0.5) is 0 Å². The van der Waals surface area contributed by atoms with Crippen LogP contribution in [-0.2, 0) is 9.53 Å². The highest BCUT2D eigenvalue weighted by molar-refractivity contribution is 5.81. The van der Waals surface area contributed by atoms with Crippen molar-refractivity contribution in [1.29, 1.82) is 0 Å². The van der Waals surface area contributed by atoms with Crippen molar-refractivity contribution in [3.63, 3.8) is 0 Å². The summed E-state index contributed by atoms with van der Waals surface area (Å²) in [5.74, 6) is 1.96. The molecule has 2 heteroatoms. The Bertz CT molecular complexity index is 273. The Morgan fingerprint density at radius 2 is 1.41 bits per heavy atom. The Labute approximate surface area is 139 Å². The second kappa shape index (κ2) is 15.1. The van der Waals surface area contributed by atoms with Crippen molar-refractivity contribution in [3.8, 4) is 0 Å². The Balaban J connectivity index is 0. The van der Waals surface area contributed by atoms with Gasteiger partial charge < -0.3 is 4.74 Å². The molecule has 4 atom stereocenters. The van der Waals surface area contributed by atoms with Crippen LogP contribution in [0.3, 0.4) is 0 Å². The molecule has 2 nitrogen and oxygen atoms in total. The maximum absolute atomic E-state index is 11.1. The lowest BCUT2D eigenvalue weighted by atomic mass is 9.85. The highest BCUT2D eigenvalue weighted by atomic mass is 16.5. The summed E-state index contributed by atoms with van der Waals surface area (Å²) in [6.45, 7) is 18.9. The summed E-state index contributed by atoms with van der Waals surface area (Å²) >= 11 is 0. The SMILES string of the molecule is C=CC(=O)OC(C)CCC(C)C(C)CCC(C)CC.CCC. The third-order valence-electron chi connectivity index (χ3n) is 4.30. The first-order valence-electron chi connectivity index (χ1n) is 9.15. The van der Waals surface area contributed by atoms with E-state index in [0.717, 1.165) is 24.7 Å². The molecule has 0 aromatic heterocycles. The third kappa shape index (κ3) is 14.2. The molecule has 0 saturated carbocycles. The maximum Gasteiger partial charge on any atom is 0.330 e. The monoisotopic (exact) mass is 312 g/mol. The standard InChI is InChI=1S/C17H32O2.C3H8/c1-7-13(3)9-10-14(4)15(5)11-12-16(6)19-17(18)8-2;1-3-2/h8,13-16H,2,7,9-12H2,1,3-6H3;3H2,1-2H3. The number of rotatable bonds is 10. The van der Waals surface area contributed by atoms with Crippen molar-refractivity contribution in [2.24, 2.45) is 17.8 Å². The second-order valence-electron chi connectivity index (χ2n) is 6.78. The molecule has 0 bridgehead atoms. The van der Waals surface area contributed by atoms with Gasteiger partial charge in [0.1, 0.15) is 0 Å². The molecular weight excluding hydrogens is 272 g/mol. The van der Waals surface area contributed by atoms with E-state index >= 15 is 0 Å². The summed E-state index contributed by atoms with van der Waals surface area (Å²) in [7, 11) is 0. The number of hydrogen-bond acceptors (Lipinski definition) is 2. The van der Waals surface area contributed by atoms with Crippen LogP contribution in [0.5, 0.6) is 0 Å². The molecule has 4 unspecified atom stereocenters. The average molecular weight is 313 g/mol. The number of esters is 1. The third-order valence-corrected chi connectivity index (χ3v) is 4.30. The van der Waals surface area contributed by atoms with Gasteiger partial charge in [0.05, 0.1) is 6.10 Å². The van der Waals surface area contributed by atoms with Crippen LogP contribution in [0, 0.1) is 17.8 Å². The van der Waals surface area contributed by atoms with Crippen LogP contribution in [0.25, 0.3) is 0 Å². The Morgan fingerprint density at radius 1 is 0.955 bits per heavy atom. The van der Waals surface area contributed by atoms with Crippen molar-refractivity contribution in [2.45, 2.75) is 93.1 Å². The van der Waals surface area contributed by atoms with Crippen molar-refractivity contribution in [2.75, 3.05) is 0 Å². The van der Waals surface area contributed by atoms with E-state index in [0.29, 0.717) is 5.92 Å². The quantitative estimate of drug-likeness (QED) is 0.344. The van der Waals surface area contributed by atoms with Crippen LogP contribution < -0.4 is 0 Å². The molecule has 0 fully saturated rings. The molecular formula is C20H40O2. The maximum atomic E-state index is 11.1. The zero-order valence-electron chi connectivity index (χ0n) is 16.2. The van der Waals surface area contributed by atoms with Crippen molar-refractivity contribution in [1.82, 2.24) is 0 Å². The predicted molar refractivity (Wildman–Crippen MR) is 98.0 cm³/mol. The highest BCUT2D eigenvalue weighted by Gasteiger charge is 2.15. The zero-order chi connectivity index (χ0) is 17.5. The van der Waals surface area contributed by atoms with E-state index in [4.69, 9.17) is 4.74 Å². The van der Waals surface area contributed by atoms with Crippen molar-refractivity contribution >= 4 is 5.97 Å². The van der Waals surface area contributed by atoms with Gasteiger partial charge in [0, 0.05) is 6.08 Å². The first-order valence-corrected chi connectivity index (χ1v) is 9.15. The van der Waals surface area contributed by atoms with Crippen LogP contribution in [-0.4, -0.2) is 12.1 Å². The predicted octanol–water partition coefficient (Wildman–Crippen LogP) is 6.40. The van der Waals surface area contributed by atoms with E-state index in [1.165, 1.54) is 31.8 Å². The van der Waals surface area contributed by atoms with Gasteiger partial charge in [0.2, 0.25) is 0 Å². The van der Waals surface area contributed by atoms with Gasteiger partial charge in [-0.15, -0.1) is 0 Å². The largest absolute Gasteiger partial charge is 0.460 e. The second-order valence-corrected chi connectivity index (χ2v) is 6.78.